The van der Waals surface area contributed by atoms with Crippen molar-refractivity contribution >= 4 is 11.7 Å². The first-order valence-corrected chi connectivity index (χ1v) is 9.81. The van der Waals surface area contributed by atoms with Gasteiger partial charge < -0.3 is 14.4 Å². The van der Waals surface area contributed by atoms with Crippen LogP contribution in [0.1, 0.15) is 49.4 Å². The number of rotatable bonds is 8. The van der Waals surface area contributed by atoms with Gasteiger partial charge in [0.2, 0.25) is 5.91 Å². The number of hydrogen-bond acceptors (Lipinski definition) is 5. The Morgan fingerprint density at radius 3 is 2.22 bits per heavy atom. The molecule has 1 saturated carbocycles. The van der Waals surface area contributed by atoms with Gasteiger partial charge in [-0.15, -0.1) is 0 Å². The highest BCUT2D eigenvalue weighted by molar-refractivity contribution is 5.98. The first kappa shape index (κ1) is 19.7. The second-order valence-corrected chi connectivity index (χ2v) is 7.44. The molecule has 1 saturated heterocycles. The summed E-state index contributed by atoms with van der Waals surface area (Å²) in [4.78, 5) is 29.4. The minimum absolute atomic E-state index is 0.0501. The van der Waals surface area contributed by atoms with E-state index >= 15 is 0 Å². The van der Waals surface area contributed by atoms with E-state index in [4.69, 9.17) is 9.47 Å². The molecule has 0 N–H and O–H groups in total. The van der Waals surface area contributed by atoms with Crippen molar-refractivity contribution in [2.45, 2.75) is 44.6 Å². The van der Waals surface area contributed by atoms with Crippen LogP contribution < -0.4 is 9.47 Å². The first-order chi connectivity index (χ1) is 13.0. The summed E-state index contributed by atoms with van der Waals surface area (Å²) in [6.07, 6.45) is 4.24. The molecule has 1 amide bonds. The lowest BCUT2D eigenvalue weighted by molar-refractivity contribution is -0.133. The fraction of sp³-hybridized carbons (Fsp3) is 0.619. The second kappa shape index (κ2) is 8.30. The maximum Gasteiger partial charge on any atom is 0.223 e. The van der Waals surface area contributed by atoms with Crippen LogP contribution in [0.15, 0.2) is 18.2 Å². The van der Waals surface area contributed by atoms with Crippen LogP contribution in [-0.4, -0.2) is 67.4 Å². The zero-order chi connectivity index (χ0) is 19.4. The molecule has 1 aromatic rings. The van der Waals surface area contributed by atoms with Crippen LogP contribution in [0.3, 0.4) is 0 Å². The standard InChI is InChI=1S/C21H30N2O4/c1-4-21(9-10-21)23-13-11-22(12-14-23)20(25)8-6-17(24)16-5-7-18(26-2)19(15-16)27-3/h5,7,15H,4,6,8-14H2,1-3H3. The smallest absolute Gasteiger partial charge is 0.223 e. The average Bonchev–Trinajstić information content (AvgIpc) is 3.52. The summed E-state index contributed by atoms with van der Waals surface area (Å²) in [6.45, 7) is 5.69. The molecule has 1 aliphatic carbocycles. The van der Waals surface area contributed by atoms with E-state index < -0.39 is 0 Å². The normalized spacial score (nSPS) is 18.9. The number of methoxy groups -OCH3 is 2. The third kappa shape index (κ3) is 4.26. The zero-order valence-corrected chi connectivity index (χ0v) is 16.6. The molecule has 27 heavy (non-hydrogen) atoms. The van der Waals surface area contributed by atoms with Gasteiger partial charge in [-0.05, 0) is 37.5 Å². The second-order valence-electron chi connectivity index (χ2n) is 7.44. The van der Waals surface area contributed by atoms with Crippen molar-refractivity contribution in [2.75, 3.05) is 40.4 Å². The lowest BCUT2D eigenvalue weighted by atomic mass is 10.0. The summed E-state index contributed by atoms with van der Waals surface area (Å²) in [6, 6.07) is 5.10. The maximum atomic E-state index is 12.5. The highest BCUT2D eigenvalue weighted by atomic mass is 16.5. The molecule has 1 heterocycles. The Morgan fingerprint density at radius 1 is 1.00 bits per heavy atom. The molecule has 0 radical (unpaired) electrons. The predicted octanol–water partition coefficient (Wildman–Crippen LogP) is 2.75. The molecule has 3 rings (SSSR count). The van der Waals surface area contributed by atoms with Crippen LogP contribution in [-0.2, 0) is 4.79 Å². The van der Waals surface area contributed by atoms with Crippen molar-refractivity contribution in [3.8, 4) is 11.5 Å². The molecule has 1 aromatic carbocycles. The number of nitrogens with zero attached hydrogens (tertiary/aromatic N) is 2. The molecule has 148 valence electrons. The van der Waals surface area contributed by atoms with Gasteiger partial charge in [0.15, 0.2) is 17.3 Å². The molecule has 0 bridgehead atoms. The van der Waals surface area contributed by atoms with E-state index in [1.54, 1.807) is 32.4 Å². The molecule has 2 aliphatic rings. The Kier molecular flexibility index (Phi) is 6.05. The van der Waals surface area contributed by atoms with Crippen molar-refractivity contribution in [3.63, 3.8) is 0 Å². The number of Topliss-reactive ketones (excluding diaryl/α,β-unsaturated/α-hetero) is 1. The molecular formula is C21H30N2O4. The fourth-order valence-electron chi connectivity index (χ4n) is 4.00. The van der Waals surface area contributed by atoms with Gasteiger partial charge in [-0.2, -0.15) is 0 Å². The quantitative estimate of drug-likeness (QED) is 0.655. The molecule has 6 heteroatoms. The van der Waals surface area contributed by atoms with Gasteiger partial charge in [-0.1, -0.05) is 6.92 Å². The third-order valence-electron chi connectivity index (χ3n) is 6.06. The zero-order valence-electron chi connectivity index (χ0n) is 16.6. The van der Waals surface area contributed by atoms with E-state index in [0.29, 0.717) is 22.6 Å². The minimum atomic E-state index is -0.0501. The van der Waals surface area contributed by atoms with E-state index in [-0.39, 0.29) is 24.5 Å². The highest BCUT2D eigenvalue weighted by Gasteiger charge is 2.46. The van der Waals surface area contributed by atoms with Crippen LogP contribution in [0.2, 0.25) is 0 Å². The lowest BCUT2D eigenvalue weighted by Crippen LogP contribution is -2.52. The van der Waals surface area contributed by atoms with Crippen LogP contribution in [0.5, 0.6) is 11.5 Å². The molecule has 6 nitrogen and oxygen atoms in total. The molecule has 0 aromatic heterocycles. The van der Waals surface area contributed by atoms with Crippen LogP contribution in [0.4, 0.5) is 0 Å². The summed E-state index contributed by atoms with van der Waals surface area (Å²) >= 11 is 0. The van der Waals surface area contributed by atoms with Crippen LogP contribution in [0.25, 0.3) is 0 Å². The van der Waals surface area contributed by atoms with Gasteiger partial charge >= 0.3 is 0 Å². The number of ether oxygens (including phenoxy) is 2. The van der Waals surface area contributed by atoms with Crippen molar-refractivity contribution in [2.24, 2.45) is 0 Å². The van der Waals surface area contributed by atoms with E-state index in [2.05, 4.69) is 11.8 Å². The van der Waals surface area contributed by atoms with Gasteiger partial charge in [-0.25, -0.2) is 0 Å². The van der Waals surface area contributed by atoms with E-state index in [9.17, 15) is 9.59 Å². The number of hydrogen-bond donors (Lipinski definition) is 0. The summed E-state index contributed by atoms with van der Waals surface area (Å²) in [5.74, 6) is 1.13. The molecule has 2 fully saturated rings. The Bertz CT molecular complexity index is 691. The Hall–Kier alpha value is -2.08. The number of carbonyl (C=O) groups is 2. The average molecular weight is 374 g/mol. The van der Waals surface area contributed by atoms with Gasteiger partial charge in [0, 0.05) is 50.1 Å². The van der Waals surface area contributed by atoms with Gasteiger partial charge in [0.25, 0.3) is 0 Å². The van der Waals surface area contributed by atoms with Crippen LogP contribution in [0, 0.1) is 0 Å². The molecule has 0 spiro atoms. The Labute approximate surface area is 161 Å². The number of ketones is 1. The highest BCUT2D eigenvalue weighted by Crippen LogP contribution is 2.44. The number of amides is 1. The van der Waals surface area contributed by atoms with E-state index in [1.165, 1.54) is 19.3 Å². The largest absolute Gasteiger partial charge is 0.493 e. The number of piperazine rings is 1. The minimum Gasteiger partial charge on any atom is -0.493 e. The predicted molar refractivity (Wildman–Crippen MR) is 104 cm³/mol. The molecule has 1 aliphatic heterocycles. The summed E-state index contributed by atoms with van der Waals surface area (Å²) in [5.41, 5.74) is 0.960. The number of carbonyl (C=O) groups excluding carboxylic acids is 2. The fourth-order valence-corrected chi connectivity index (χ4v) is 4.00. The van der Waals surface area contributed by atoms with Gasteiger partial charge in [-0.3, -0.25) is 14.5 Å². The SMILES string of the molecule is CCC1(N2CCN(C(=O)CCC(=O)c3ccc(OC)c(OC)c3)CC2)CC1. The lowest BCUT2D eigenvalue weighted by Gasteiger charge is -2.39. The first-order valence-electron chi connectivity index (χ1n) is 9.81. The Balaban J connectivity index is 1.48. The van der Waals surface area contributed by atoms with Crippen molar-refractivity contribution in [1.82, 2.24) is 9.80 Å². The monoisotopic (exact) mass is 374 g/mol. The summed E-state index contributed by atoms with van der Waals surface area (Å²) < 4.78 is 10.4. The number of benzene rings is 1. The van der Waals surface area contributed by atoms with Gasteiger partial charge in [0.1, 0.15) is 0 Å². The van der Waals surface area contributed by atoms with Crippen molar-refractivity contribution in [1.29, 1.82) is 0 Å². The molecule has 0 unspecified atom stereocenters. The maximum absolute atomic E-state index is 12.5. The third-order valence-corrected chi connectivity index (χ3v) is 6.06. The topological polar surface area (TPSA) is 59.1 Å². The van der Waals surface area contributed by atoms with Crippen molar-refractivity contribution in [3.05, 3.63) is 23.8 Å². The molecule has 0 atom stereocenters. The Morgan fingerprint density at radius 2 is 1.67 bits per heavy atom. The van der Waals surface area contributed by atoms with Gasteiger partial charge in [0.05, 0.1) is 14.2 Å². The van der Waals surface area contributed by atoms with Crippen molar-refractivity contribution < 1.29 is 19.1 Å². The van der Waals surface area contributed by atoms with Crippen LogP contribution >= 0.6 is 0 Å². The van der Waals surface area contributed by atoms with E-state index in [1.807, 2.05) is 4.90 Å². The van der Waals surface area contributed by atoms with E-state index in [0.717, 1.165) is 26.2 Å². The summed E-state index contributed by atoms with van der Waals surface area (Å²) in [7, 11) is 3.10. The molecular weight excluding hydrogens is 344 g/mol. The summed E-state index contributed by atoms with van der Waals surface area (Å²) in [5, 5.41) is 0.